The first-order chi connectivity index (χ1) is 9.52. The highest BCUT2D eigenvalue weighted by molar-refractivity contribution is 7.11. The number of aryl methyl sites for hydroxylation is 2. The lowest BCUT2D eigenvalue weighted by Gasteiger charge is -2.17. The van der Waals surface area contributed by atoms with Crippen LogP contribution in [0.2, 0.25) is 5.02 Å². The lowest BCUT2D eigenvalue weighted by molar-refractivity contribution is 0.583. The van der Waals surface area contributed by atoms with Crippen LogP contribution in [0.1, 0.15) is 40.5 Å². The molecule has 1 unspecified atom stereocenters. The summed E-state index contributed by atoms with van der Waals surface area (Å²) >= 11 is 7.41. The van der Waals surface area contributed by atoms with Crippen LogP contribution in [-0.4, -0.2) is 11.5 Å². The summed E-state index contributed by atoms with van der Waals surface area (Å²) in [7, 11) is 0. The molecule has 0 aliphatic carbocycles. The molecule has 0 spiro atoms. The maximum Gasteiger partial charge on any atom is 0.142 e. The van der Waals surface area contributed by atoms with Crippen molar-refractivity contribution in [2.45, 2.75) is 33.2 Å². The quantitative estimate of drug-likeness (QED) is 0.870. The molecule has 0 aliphatic rings. The molecule has 2 rings (SSSR count). The Morgan fingerprint density at radius 2 is 2.15 bits per heavy atom. The molecule has 5 heteroatoms. The molecule has 1 aromatic heterocycles. The van der Waals surface area contributed by atoms with E-state index < -0.39 is 5.82 Å². The summed E-state index contributed by atoms with van der Waals surface area (Å²) in [6, 6.07) is 4.85. The van der Waals surface area contributed by atoms with Crippen LogP contribution in [0.15, 0.2) is 18.2 Å². The number of hydrogen-bond acceptors (Lipinski definition) is 3. The highest BCUT2D eigenvalue weighted by Gasteiger charge is 2.19. The van der Waals surface area contributed by atoms with Gasteiger partial charge in [-0.05, 0) is 44.5 Å². The molecule has 0 saturated heterocycles. The molecule has 108 valence electrons. The van der Waals surface area contributed by atoms with E-state index in [4.69, 9.17) is 11.6 Å². The van der Waals surface area contributed by atoms with Gasteiger partial charge in [0.2, 0.25) is 0 Å². The van der Waals surface area contributed by atoms with Crippen LogP contribution in [0.25, 0.3) is 0 Å². The van der Waals surface area contributed by atoms with E-state index in [2.05, 4.69) is 24.1 Å². The Morgan fingerprint density at radius 3 is 2.70 bits per heavy atom. The Bertz CT molecular complexity index is 578. The van der Waals surface area contributed by atoms with Crippen molar-refractivity contribution < 1.29 is 4.39 Å². The third-order valence-electron chi connectivity index (χ3n) is 3.17. The van der Waals surface area contributed by atoms with Gasteiger partial charge in [-0.2, -0.15) is 0 Å². The maximum absolute atomic E-state index is 13.7. The molecule has 20 heavy (non-hydrogen) atoms. The first-order valence-corrected chi connectivity index (χ1v) is 7.84. The van der Waals surface area contributed by atoms with Crippen LogP contribution in [0.5, 0.6) is 0 Å². The van der Waals surface area contributed by atoms with Crippen LogP contribution in [-0.2, 0) is 0 Å². The summed E-state index contributed by atoms with van der Waals surface area (Å²) < 4.78 is 13.7. The normalized spacial score (nSPS) is 12.7. The van der Waals surface area contributed by atoms with Gasteiger partial charge in [0, 0.05) is 4.88 Å². The molecule has 2 aromatic rings. The second-order valence-corrected chi connectivity index (χ2v) is 6.40. The molecule has 0 saturated carbocycles. The largest absolute Gasteiger partial charge is 0.304 e. The molecule has 1 aromatic carbocycles. The Morgan fingerprint density at radius 1 is 1.40 bits per heavy atom. The summed E-state index contributed by atoms with van der Waals surface area (Å²) in [6.45, 7) is 7.00. The summed E-state index contributed by atoms with van der Waals surface area (Å²) in [5.41, 5.74) is 1.89. The SMILES string of the molecule is CCCNC(c1ccc(Cl)c(F)c1)c1nc(C)c(C)s1. The first-order valence-electron chi connectivity index (χ1n) is 6.65. The fraction of sp³-hybridized carbons (Fsp3) is 0.400. The number of halogens is 2. The van der Waals surface area contributed by atoms with Crippen LogP contribution in [0, 0.1) is 19.7 Å². The predicted molar refractivity (Wildman–Crippen MR) is 83.1 cm³/mol. The summed E-state index contributed by atoms with van der Waals surface area (Å²) in [4.78, 5) is 5.78. The van der Waals surface area contributed by atoms with Crippen LogP contribution in [0.3, 0.4) is 0 Å². The Labute approximate surface area is 128 Å². The number of benzene rings is 1. The number of aromatic nitrogens is 1. The van der Waals surface area contributed by atoms with Crippen LogP contribution in [0.4, 0.5) is 4.39 Å². The van der Waals surface area contributed by atoms with E-state index >= 15 is 0 Å². The molecule has 1 N–H and O–H groups in total. The molecule has 0 radical (unpaired) electrons. The van der Waals surface area contributed by atoms with Crippen molar-refractivity contribution in [1.29, 1.82) is 0 Å². The average molecular weight is 313 g/mol. The second-order valence-electron chi connectivity index (χ2n) is 4.75. The van der Waals surface area contributed by atoms with E-state index in [1.54, 1.807) is 17.4 Å². The lowest BCUT2D eigenvalue weighted by atomic mass is 10.1. The van der Waals surface area contributed by atoms with Gasteiger partial charge in [0.15, 0.2) is 0 Å². The average Bonchev–Trinajstić information content (AvgIpc) is 2.74. The molecular weight excluding hydrogens is 295 g/mol. The van der Waals surface area contributed by atoms with Crippen LogP contribution < -0.4 is 5.32 Å². The van der Waals surface area contributed by atoms with Gasteiger partial charge in [0.05, 0.1) is 16.8 Å². The number of nitrogens with zero attached hydrogens (tertiary/aromatic N) is 1. The third kappa shape index (κ3) is 3.37. The minimum Gasteiger partial charge on any atom is -0.304 e. The zero-order chi connectivity index (χ0) is 14.7. The van der Waals surface area contributed by atoms with Crippen molar-refractivity contribution in [3.8, 4) is 0 Å². The van der Waals surface area contributed by atoms with Crippen molar-refractivity contribution in [1.82, 2.24) is 10.3 Å². The second kappa shape index (κ2) is 6.66. The summed E-state index contributed by atoms with van der Waals surface area (Å²) in [5.74, 6) is -0.391. The van der Waals surface area contributed by atoms with Gasteiger partial charge in [-0.15, -0.1) is 11.3 Å². The maximum atomic E-state index is 13.7. The van der Waals surface area contributed by atoms with Gasteiger partial charge in [-0.25, -0.2) is 9.37 Å². The van der Waals surface area contributed by atoms with Gasteiger partial charge in [0.1, 0.15) is 10.8 Å². The van der Waals surface area contributed by atoms with Crippen molar-refractivity contribution in [2.75, 3.05) is 6.54 Å². The smallest absolute Gasteiger partial charge is 0.142 e. The predicted octanol–water partition coefficient (Wildman–Crippen LogP) is 4.64. The van der Waals surface area contributed by atoms with E-state index in [1.807, 2.05) is 13.0 Å². The molecular formula is C15H18ClFN2S. The highest BCUT2D eigenvalue weighted by atomic mass is 35.5. The van der Waals surface area contributed by atoms with Crippen molar-refractivity contribution in [3.63, 3.8) is 0 Å². The Kier molecular flexibility index (Phi) is 5.13. The van der Waals surface area contributed by atoms with Crippen molar-refractivity contribution in [2.24, 2.45) is 0 Å². The van der Waals surface area contributed by atoms with Gasteiger partial charge < -0.3 is 5.32 Å². The zero-order valence-electron chi connectivity index (χ0n) is 11.8. The number of thiazole rings is 1. The molecule has 1 atom stereocenters. The standard InChI is InChI=1S/C15H18ClFN2S/c1-4-7-18-14(15-19-9(2)10(3)20-15)11-5-6-12(16)13(17)8-11/h5-6,8,14,18H,4,7H2,1-3H3. The Balaban J connectivity index is 2.38. The van der Waals surface area contributed by atoms with E-state index in [0.29, 0.717) is 0 Å². The zero-order valence-corrected chi connectivity index (χ0v) is 13.4. The van der Waals surface area contributed by atoms with E-state index in [0.717, 1.165) is 29.2 Å². The van der Waals surface area contributed by atoms with Crippen molar-refractivity contribution in [3.05, 3.63) is 50.2 Å². The topological polar surface area (TPSA) is 24.9 Å². The summed E-state index contributed by atoms with van der Waals surface area (Å²) in [6.07, 6.45) is 1.01. The number of rotatable bonds is 5. The fourth-order valence-electron chi connectivity index (χ4n) is 1.95. The lowest BCUT2D eigenvalue weighted by Crippen LogP contribution is -2.23. The van der Waals surface area contributed by atoms with Gasteiger partial charge in [0.25, 0.3) is 0 Å². The number of hydrogen-bond donors (Lipinski definition) is 1. The van der Waals surface area contributed by atoms with E-state index in [1.165, 1.54) is 10.9 Å². The third-order valence-corrected chi connectivity index (χ3v) is 4.61. The minimum absolute atomic E-state index is 0.0842. The van der Waals surface area contributed by atoms with E-state index in [-0.39, 0.29) is 11.1 Å². The van der Waals surface area contributed by atoms with Crippen LogP contribution >= 0.6 is 22.9 Å². The van der Waals surface area contributed by atoms with Gasteiger partial charge in [-0.1, -0.05) is 24.6 Å². The molecule has 0 aliphatic heterocycles. The van der Waals surface area contributed by atoms with Gasteiger partial charge in [-0.3, -0.25) is 0 Å². The minimum atomic E-state index is -0.391. The monoisotopic (exact) mass is 312 g/mol. The molecule has 1 heterocycles. The number of nitrogens with one attached hydrogen (secondary N) is 1. The van der Waals surface area contributed by atoms with Gasteiger partial charge >= 0.3 is 0 Å². The van der Waals surface area contributed by atoms with E-state index in [9.17, 15) is 4.39 Å². The Hall–Kier alpha value is -0.970. The van der Waals surface area contributed by atoms with Crippen molar-refractivity contribution >= 4 is 22.9 Å². The molecule has 0 bridgehead atoms. The highest BCUT2D eigenvalue weighted by Crippen LogP contribution is 2.29. The molecule has 2 nitrogen and oxygen atoms in total. The summed E-state index contributed by atoms with van der Waals surface area (Å²) in [5, 5.41) is 4.54. The fourth-order valence-corrected chi connectivity index (χ4v) is 3.09. The first kappa shape index (κ1) is 15.4. The molecule has 0 amide bonds. The molecule has 0 fully saturated rings.